The Hall–Kier alpha value is -0.900. The van der Waals surface area contributed by atoms with Crippen LogP contribution in [0.5, 0.6) is 0 Å². The molecule has 0 aromatic heterocycles. The molecule has 0 saturated carbocycles. The summed E-state index contributed by atoms with van der Waals surface area (Å²) in [6.45, 7) is 7.30. The Kier molecular flexibility index (Phi) is 6.66. The smallest absolute Gasteiger partial charge is 0.227 e. The highest BCUT2D eigenvalue weighted by Crippen LogP contribution is 2.22. The molecule has 0 bridgehead atoms. The molecule has 0 heterocycles. The van der Waals surface area contributed by atoms with E-state index in [2.05, 4.69) is 6.08 Å². The molecule has 0 atom stereocenters. The number of hydrogen-bond acceptors (Lipinski definition) is 2. The summed E-state index contributed by atoms with van der Waals surface area (Å²) in [6, 6.07) is 0. The first-order valence-electron chi connectivity index (χ1n) is 7.56. The van der Waals surface area contributed by atoms with Gasteiger partial charge >= 0.3 is 0 Å². The Bertz CT molecular complexity index is 382. The summed E-state index contributed by atoms with van der Waals surface area (Å²) in [5.41, 5.74) is 6.72. The maximum Gasteiger partial charge on any atom is 0.227 e. The van der Waals surface area contributed by atoms with Crippen molar-refractivity contribution >= 4 is 23.1 Å². The van der Waals surface area contributed by atoms with Crippen LogP contribution in [-0.2, 0) is 4.79 Å². The second-order valence-corrected chi connectivity index (χ2v) is 7.14. The van der Waals surface area contributed by atoms with Crippen molar-refractivity contribution in [3.63, 3.8) is 0 Å². The number of amides is 1. The van der Waals surface area contributed by atoms with Gasteiger partial charge in [-0.15, -0.1) is 0 Å². The Morgan fingerprint density at radius 1 is 1.35 bits per heavy atom. The molecule has 20 heavy (non-hydrogen) atoms. The van der Waals surface area contributed by atoms with Gasteiger partial charge in [-0.3, -0.25) is 4.79 Å². The van der Waals surface area contributed by atoms with Gasteiger partial charge in [-0.05, 0) is 32.1 Å². The van der Waals surface area contributed by atoms with Crippen LogP contribution >= 0.6 is 12.2 Å². The molecular weight excluding hydrogens is 268 g/mol. The van der Waals surface area contributed by atoms with Gasteiger partial charge in [-0.25, -0.2) is 0 Å². The fraction of sp³-hybridized carbons (Fsp3) is 0.750. The number of thiocarbonyl (C=S) groups is 1. The number of rotatable bonds is 6. The van der Waals surface area contributed by atoms with E-state index < -0.39 is 0 Å². The van der Waals surface area contributed by atoms with E-state index in [1.165, 1.54) is 31.3 Å². The molecule has 0 aromatic carbocycles. The van der Waals surface area contributed by atoms with Gasteiger partial charge in [0, 0.05) is 24.9 Å². The molecule has 0 radical (unpaired) electrons. The average molecular weight is 296 g/mol. The summed E-state index contributed by atoms with van der Waals surface area (Å²) in [4.78, 5) is 14.9. The van der Waals surface area contributed by atoms with E-state index in [-0.39, 0.29) is 11.3 Å². The van der Waals surface area contributed by atoms with Crippen LogP contribution in [0.15, 0.2) is 11.6 Å². The third kappa shape index (κ3) is 6.04. The van der Waals surface area contributed by atoms with Gasteiger partial charge in [0.25, 0.3) is 0 Å². The van der Waals surface area contributed by atoms with Crippen LogP contribution in [-0.4, -0.2) is 28.9 Å². The van der Waals surface area contributed by atoms with E-state index in [0.29, 0.717) is 18.0 Å². The largest absolute Gasteiger partial charge is 0.393 e. The second-order valence-electron chi connectivity index (χ2n) is 6.62. The fourth-order valence-electron chi connectivity index (χ4n) is 2.44. The fourth-order valence-corrected chi connectivity index (χ4v) is 2.54. The molecule has 0 spiro atoms. The average Bonchev–Trinajstić information content (AvgIpc) is 2.38. The van der Waals surface area contributed by atoms with Crippen molar-refractivity contribution in [1.29, 1.82) is 0 Å². The quantitative estimate of drug-likeness (QED) is 0.603. The van der Waals surface area contributed by atoms with E-state index in [9.17, 15) is 4.79 Å². The van der Waals surface area contributed by atoms with Crippen molar-refractivity contribution in [3.8, 4) is 0 Å². The van der Waals surface area contributed by atoms with E-state index in [0.717, 1.165) is 13.0 Å². The van der Waals surface area contributed by atoms with Gasteiger partial charge < -0.3 is 10.6 Å². The van der Waals surface area contributed by atoms with Gasteiger partial charge in [-0.2, -0.15) is 0 Å². The van der Waals surface area contributed by atoms with E-state index in [4.69, 9.17) is 18.0 Å². The summed E-state index contributed by atoms with van der Waals surface area (Å²) in [6.07, 6.45) is 8.90. The summed E-state index contributed by atoms with van der Waals surface area (Å²) in [5.74, 6) is 0.185. The standard InChI is InChI=1S/C16H28N2OS/c1-16(2,3)15(19)18(12-10-14(17)20)11-9-13-7-5-4-6-8-13/h7H,4-6,8-12H2,1-3H3,(H2,17,20). The van der Waals surface area contributed by atoms with Crippen LogP contribution in [0.4, 0.5) is 0 Å². The maximum atomic E-state index is 12.5. The Morgan fingerprint density at radius 2 is 2.05 bits per heavy atom. The molecule has 0 aromatic rings. The lowest BCUT2D eigenvalue weighted by Crippen LogP contribution is -2.41. The zero-order valence-electron chi connectivity index (χ0n) is 13.1. The normalized spacial score (nSPS) is 15.7. The molecule has 0 unspecified atom stereocenters. The van der Waals surface area contributed by atoms with Crippen molar-refractivity contribution in [2.75, 3.05) is 13.1 Å². The maximum absolute atomic E-state index is 12.5. The lowest BCUT2D eigenvalue weighted by atomic mass is 9.93. The molecule has 4 heteroatoms. The van der Waals surface area contributed by atoms with Crippen molar-refractivity contribution in [1.82, 2.24) is 4.90 Å². The van der Waals surface area contributed by atoms with E-state index in [1.807, 2.05) is 25.7 Å². The minimum absolute atomic E-state index is 0.185. The highest BCUT2D eigenvalue weighted by atomic mass is 32.1. The molecule has 2 N–H and O–H groups in total. The third-order valence-corrected chi connectivity index (χ3v) is 3.85. The molecule has 114 valence electrons. The van der Waals surface area contributed by atoms with Crippen molar-refractivity contribution in [2.45, 2.75) is 59.3 Å². The molecule has 3 nitrogen and oxygen atoms in total. The van der Waals surface area contributed by atoms with E-state index in [1.54, 1.807) is 0 Å². The van der Waals surface area contributed by atoms with Gasteiger partial charge in [0.2, 0.25) is 5.91 Å². The van der Waals surface area contributed by atoms with Crippen LogP contribution < -0.4 is 5.73 Å². The zero-order chi connectivity index (χ0) is 15.2. The van der Waals surface area contributed by atoms with Gasteiger partial charge in [0.15, 0.2) is 0 Å². The van der Waals surface area contributed by atoms with Gasteiger partial charge in [-0.1, -0.05) is 44.6 Å². The number of carbonyl (C=O) groups is 1. The summed E-state index contributed by atoms with van der Waals surface area (Å²) in [5, 5.41) is 0. The first-order valence-corrected chi connectivity index (χ1v) is 7.97. The lowest BCUT2D eigenvalue weighted by molar-refractivity contribution is -0.139. The molecule has 1 rings (SSSR count). The topological polar surface area (TPSA) is 46.3 Å². The first-order chi connectivity index (χ1) is 9.30. The molecular formula is C16H28N2OS. The first kappa shape index (κ1) is 17.2. The molecule has 1 aliphatic carbocycles. The van der Waals surface area contributed by atoms with Crippen LogP contribution in [0, 0.1) is 5.41 Å². The van der Waals surface area contributed by atoms with Crippen molar-refractivity contribution < 1.29 is 4.79 Å². The molecule has 1 amide bonds. The lowest BCUT2D eigenvalue weighted by Gasteiger charge is -2.30. The Balaban J connectivity index is 2.59. The van der Waals surface area contributed by atoms with Crippen LogP contribution in [0.1, 0.15) is 59.3 Å². The highest BCUT2D eigenvalue weighted by Gasteiger charge is 2.27. The summed E-state index contributed by atoms with van der Waals surface area (Å²) < 4.78 is 0. The number of carbonyl (C=O) groups excluding carboxylic acids is 1. The molecule has 0 aliphatic heterocycles. The minimum Gasteiger partial charge on any atom is -0.393 e. The minimum atomic E-state index is -0.350. The highest BCUT2D eigenvalue weighted by molar-refractivity contribution is 7.80. The second kappa shape index (κ2) is 7.77. The summed E-state index contributed by atoms with van der Waals surface area (Å²) in [7, 11) is 0. The van der Waals surface area contributed by atoms with Crippen LogP contribution in [0.3, 0.4) is 0 Å². The zero-order valence-corrected chi connectivity index (χ0v) is 13.9. The van der Waals surface area contributed by atoms with E-state index >= 15 is 0 Å². The number of nitrogens with two attached hydrogens (primary N) is 1. The van der Waals surface area contributed by atoms with Gasteiger partial charge in [0.05, 0.1) is 4.99 Å². The van der Waals surface area contributed by atoms with Crippen molar-refractivity contribution in [2.24, 2.45) is 11.1 Å². The Morgan fingerprint density at radius 3 is 2.55 bits per heavy atom. The van der Waals surface area contributed by atoms with Gasteiger partial charge in [0.1, 0.15) is 0 Å². The molecule has 0 fully saturated rings. The molecule has 0 saturated heterocycles. The van der Waals surface area contributed by atoms with Crippen LogP contribution in [0.2, 0.25) is 0 Å². The predicted molar refractivity (Wildman–Crippen MR) is 88.6 cm³/mol. The molecule has 1 aliphatic rings. The number of allylic oxidation sites excluding steroid dienone is 1. The Labute approximate surface area is 128 Å². The number of hydrogen-bond donors (Lipinski definition) is 1. The van der Waals surface area contributed by atoms with Crippen LogP contribution in [0.25, 0.3) is 0 Å². The third-order valence-electron chi connectivity index (χ3n) is 3.64. The predicted octanol–water partition coefficient (Wildman–Crippen LogP) is 3.43. The monoisotopic (exact) mass is 296 g/mol. The summed E-state index contributed by atoms with van der Waals surface area (Å²) >= 11 is 4.93. The SMILES string of the molecule is CC(C)(C)C(=O)N(CCC(N)=S)CCC1=CCCCC1. The number of nitrogens with zero attached hydrogens (tertiary/aromatic N) is 1. The van der Waals surface area contributed by atoms with Crippen molar-refractivity contribution in [3.05, 3.63) is 11.6 Å².